The first kappa shape index (κ1) is 18.7. The lowest BCUT2D eigenvalue weighted by Gasteiger charge is -2.24. The maximum absolute atomic E-state index is 5.46. The third-order valence-electron chi connectivity index (χ3n) is 4.45. The molecule has 1 aromatic carbocycles. The lowest BCUT2D eigenvalue weighted by atomic mass is 10.1. The Labute approximate surface area is 158 Å². The van der Waals surface area contributed by atoms with Crippen LogP contribution in [0.5, 0.6) is 5.75 Å². The molecule has 1 saturated heterocycles. The van der Waals surface area contributed by atoms with Crippen molar-refractivity contribution < 1.29 is 9.47 Å². The normalized spacial score (nSPS) is 17.3. The van der Waals surface area contributed by atoms with Gasteiger partial charge in [-0.05, 0) is 30.7 Å². The number of guanidine groups is 1. The summed E-state index contributed by atoms with van der Waals surface area (Å²) in [5.74, 6) is 2.32. The van der Waals surface area contributed by atoms with Crippen molar-refractivity contribution >= 4 is 17.3 Å². The molecule has 2 aromatic rings. The summed E-state index contributed by atoms with van der Waals surface area (Å²) in [5.41, 5.74) is 2.12. The minimum Gasteiger partial charge on any atom is -0.497 e. The maximum Gasteiger partial charge on any atom is 0.193 e. The highest BCUT2D eigenvalue weighted by Gasteiger charge is 2.19. The Hall–Kier alpha value is -2.12. The van der Waals surface area contributed by atoms with Crippen LogP contribution in [0.3, 0.4) is 0 Å². The second kappa shape index (κ2) is 9.00. The Morgan fingerprint density at radius 1 is 1.42 bits per heavy atom. The largest absolute Gasteiger partial charge is 0.497 e. The fourth-order valence-corrected chi connectivity index (χ4v) is 3.84. The molecule has 0 saturated carbocycles. The summed E-state index contributed by atoms with van der Waals surface area (Å²) in [6.45, 7) is 3.33. The number of nitrogens with zero attached hydrogens (tertiary/aromatic N) is 3. The van der Waals surface area contributed by atoms with Crippen molar-refractivity contribution in [3.05, 3.63) is 35.3 Å². The Balaban J connectivity index is 1.55. The molecule has 26 heavy (non-hydrogen) atoms. The first-order valence-corrected chi connectivity index (χ1v) is 9.66. The molecule has 0 aliphatic carbocycles. The SMILES string of the molecule is CN=C(NCc1csc(-c2ccc(OC)cc2)n1)N(C)CC1CCOC1. The van der Waals surface area contributed by atoms with E-state index < -0.39 is 0 Å². The van der Waals surface area contributed by atoms with Crippen LogP contribution in [0.4, 0.5) is 0 Å². The predicted octanol–water partition coefficient (Wildman–Crippen LogP) is 2.86. The molecule has 1 unspecified atom stereocenters. The molecule has 7 heteroatoms. The van der Waals surface area contributed by atoms with E-state index >= 15 is 0 Å². The van der Waals surface area contributed by atoms with Gasteiger partial charge in [-0.15, -0.1) is 11.3 Å². The molecule has 1 atom stereocenters. The molecule has 1 fully saturated rings. The van der Waals surface area contributed by atoms with Gasteiger partial charge in [-0.1, -0.05) is 0 Å². The number of hydrogen-bond acceptors (Lipinski definition) is 5. The summed E-state index contributed by atoms with van der Waals surface area (Å²) in [4.78, 5) is 11.3. The van der Waals surface area contributed by atoms with E-state index in [1.807, 2.05) is 31.3 Å². The first-order valence-electron chi connectivity index (χ1n) is 8.78. The molecule has 0 amide bonds. The fraction of sp³-hybridized carbons (Fsp3) is 0.474. The van der Waals surface area contributed by atoms with Gasteiger partial charge in [0.15, 0.2) is 5.96 Å². The summed E-state index contributed by atoms with van der Waals surface area (Å²) in [7, 11) is 5.55. The molecule has 1 aliphatic rings. The number of benzene rings is 1. The first-order chi connectivity index (χ1) is 12.7. The van der Waals surface area contributed by atoms with E-state index in [0.29, 0.717) is 12.5 Å². The molecular formula is C19H26N4O2S. The van der Waals surface area contributed by atoms with Crippen LogP contribution in [0.25, 0.3) is 10.6 Å². The molecule has 1 N–H and O–H groups in total. The van der Waals surface area contributed by atoms with Crippen molar-refractivity contribution in [2.45, 2.75) is 13.0 Å². The second-order valence-electron chi connectivity index (χ2n) is 6.38. The van der Waals surface area contributed by atoms with Crippen molar-refractivity contribution in [2.75, 3.05) is 41.0 Å². The summed E-state index contributed by atoms with van der Waals surface area (Å²) >= 11 is 1.65. The molecule has 0 bridgehead atoms. The van der Waals surface area contributed by atoms with Crippen molar-refractivity contribution in [1.82, 2.24) is 15.2 Å². The van der Waals surface area contributed by atoms with Crippen LogP contribution < -0.4 is 10.1 Å². The molecule has 0 radical (unpaired) electrons. The highest BCUT2D eigenvalue weighted by atomic mass is 32.1. The molecule has 2 heterocycles. The zero-order valence-corrected chi connectivity index (χ0v) is 16.4. The van der Waals surface area contributed by atoms with Gasteiger partial charge < -0.3 is 19.7 Å². The maximum atomic E-state index is 5.46. The van der Waals surface area contributed by atoms with Gasteiger partial charge in [0.1, 0.15) is 10.8 Å². The monoisotopic (exact) mass is 374 g/mol. The summed E-state index contributed by atoms with van der Waals surface area (Å²) < 4.78 is 10.7. The lowest BCUT2D eigenvalue weighted by molar-refractivity contribution is 0.181. The smallest absolute Gasteiger partial charge is 0.193 e. The van der Waals surface area contributed by atoms with Gasteiger partial charge in [0.25, 0.3) is 0 Å². The van der Waals surface area contributed by atoms with E-state index in [1.54, 1.807) is 18.4 Å². The van der Waals surface area contributed by atoms with Gasteiger partial charge in [-0.25, -0.2) is 4.98 Å². The van der Waals surface area contributed by atoms with Crippen LogP contribution in [0.1, 0.15) is 12.1 Å². The zero-order chi connectivity index (χ0) is 18.4. The van der Waals surface area contributed by atoms with Gasteiger partial charge in [0, 0.05) is 44.1 Å². The molecular weight excluding hydrogens is 348 g/mol. The second-order valence-corrected chi connectivity index (χ2v) is 7.24. The van der Waals surface area contributed by atoms with E-state index in [4.69, 9.17) is 14.5 Å². The van der Waals surface area contributed by atoms with Gasteiger partial charge in [-0.2, -0.15) is 0 Å². The lowest BCUT2D eigenvalue weighted by Crippen LogP contribution is -2.41. The molecule has 6 nitrogen and oxygen atoms in total. The van der Waals surface area contributed by atoms with Crippen LogP contribution in [0, 0.1) is 5.92 Å². The van der Waals surface area contributed by atoms with E-state index in [2.05, 4.69) is 27.6 Å². The average molecular weight is 375 g/mol. The molecule has 1 aliphatic heterocycles. The third kappa shape index (κ3) is 4.74. The van der Waals surface area contributed by atoms with E-state index in [-0.39, 0.29) is 0 Å². The zero-order valence-electron chi connectivity index (χ0n) is 15.6. The van der Waals surface area contributed by atoms with Gasteiger partial charge in [0.05, 0.1) is 26.0 Å². The number of nitrogens with one attached hydrogen (secondary N) is 1. The highest BCUT2D eigenvalue weighted by molar-refractivity contribution is 7.13. The quantitative estimate of drug-likeness (QED) is 0.622. The number of aliphatic imine (C=N–C) groups is 1. The number of hydrogen-bond donors (Lipinski definition) is 1. The Morgan fingerprint density at radius 3 is 2.88 bits per heavy atom. The Kier molecular flexibility index (Phi) is 6.46. The van der Waals surface area contributed by atoms with Crippen LogP contribution in [0.2, 0.25) is 0 Å². The summed E-state index contributed by atoms with van der Waals surface area (Å²) in [6, 6.07) is 7.98. The van der Waals surface area contributed by atoms with Crippen molar-refractivity contribution in [1.29, 1.82) is 0 Å². The van der Waals surface area contributed by atoms with Gasteiger partial charge in [0.2, 0.25) is 0 Å². The number of ether oxygens (including phenoxy) is 2. The van der Waals surface area contributed by atoms with Crippen LogP contribution >= 0.6 is 11.3 Å². The molecule has 3 rings (SSSR count). The number of aromatic nitrogens is 1. The summed E-state index contributed by atoms with van der Waals surface area (Å²) in [5, 5.41) is 6.50. The van der Waals surface area contributed by atoms with E-state index in [9.17, 15) is 0 Å². The van der Waals surface area contributed by atoms with Crippen molar-refractivity contribution in [2.24, 2.45) is 10.9 Å². The Bertz CT molecular complexity index is 723. The Morgan fingerprint density at radius 2 is 2.23 bits per heavy atom. The molecule has 1 aromatic heterocycles. The molecule has 140 valence electrons. The van der Waals surface area contributed by atoms with E-state index in [0.717, 1.165) is 54.2 Å². The minimum atomic E-state index is 0.583. The molecule has 0 spiro atoms. The van der Waals surface area contributed by atoms with Crippen LogP contribution in [-0.2, 0) is 11.3 Å². The minimum absolute atomic E-state index is 0.583. The average Bonchev–Trinajstić information content (AvgIpc) is 3.34. The fourth-order valence-electron chi connectivity index (χ4n) is 3.01. The number of thiazole rings is 1. The summed E-state index contributed by atoms with van der Waals surface area (Å²) in [6.07, 6.45) is 1.12. The van der Waals surface area contributed by atoms with Crippen LogP contribution in [-0.4, -0.2) is 56.8 Å². The van der Waals surface area contributed by atoms with Crippen LogP contribution in [0.15, 0.2) is 34.6 Å². The van der Waals surface area contributed by atoms with E-state index in [1.165, 1.54) is 0 Å². The third-order valence-corrected chi connectivity index (χ3v) is 5.39. The highest BCUT2D eigenvalue weighted by Crippen LogP contribution is 2.25. The van der Waals surface area contributed by atoms with Crippen molar-refractivity contribution in [3.8, 4) is 16.3 Å². The number of methoxy groups -OCH3 is 1. The number of rotatable bonds is 6. The standard InChI is InChI=1S/C19H26N4O2S/c1-20-19(23(2)11-14-8-9-25-12-14)21-10-16-13-26-18(22-16)15-4-6-17(24-3)7-5-15/h4-7,13-14H,8-12H2,1-3H3,(H,20,21). The van der Waals surface area contributed by atoms with Gasteiger partial charge >= 0.3 is 0 Å². The topological polar surface area (TPSA) is 59.0 Å². The van der Waals surface area contributed by atoms with Gasteiger partial charge in [-0.3, -0.25) is 4.99 Å². The predicted molar refractivity (Wildman–Crippen MR) is 106 cm³/mol. The van der Waals surface area contributed by atoms with Crippen molar-refractivity contribution in [3.63, 3.8) is 0 Å².